The van der Waals surface area contributed by atoms with Crippen LogP contribution in [0.1, 0.15) is 28.4 Å². The van der Waals surface area contributed by atoms with Gasteiger partial charge in [-0.1, -0.05) is 24.3 Å². The average Bonchev–Trinajstić information content (AvgIpc) is 2.63. The van der Waals surface area contributed by atoms with Crippen molar-refractivity contribution in [3.63, 3.8) is 0 Å². The molecule has 0 saturated heterocycles. The van der Waals surface area contributed by atoms with Gasteiger partial charge in [0.05, 0.1) is 17.4 Å². The van der Waals surface area contributed by atoms with Crippen molar-refractivity contribution in [1.29, 1.82) is 0 Å². The first-order chi connectivity index (χ1) is 12.6. The fraction of sp³-hybridized carbons (Fsp3) is 0.182. The summed E-state index contributed by atoms with van der Waals surface area (Å²) in [6, 6.07) is 18.0. The van der Waals surface area contributed by atoms with Crippen molar-refractivity contribution in [1.82, 2.24) is 4.98 Å². The maximum atomic E-state index is 12.7. The van der Waals surface area contributed by atoms with E-state index in [1.807, 2.05) is 62.4 Å². The molecular formula is C22H23N3O. The van der Waals surface area contributed by atoms with E-state index in [9.17, 15) is 4.79 Å². The van der Waals surface area contributed by atoms with Crippen LogP contribution in [0.15, 0.2) is 67.0 Å². The molecule has 4 nitrogen and oxygen atoms in total. The van der Waals surface area contributed by atoms with Gasteiger partial charge in [-0.25, -0.2) is 0 Å². The standard InChI is InChI=1S/C22H23N3O/c1-4-25(20-8-6-5-7-9-20)21-13-18(14-23-15-21)22(26)24-19-11-16(2)10-17(3)12-19/h5-15H,4H2,1-3H3,(H,24,26). The molecule has 0 aliphatic rings. The number of aromatic nitrogens is 1. The van der Waals surface area contributed by atoms with Gasteiger partial charge in [-0.15, -0.1) is 0 Å². The summed E-state index contributed by atoms with van der Waals surface area (Å²) in [4.78, 5) is 19.1. The Hall–Kier alpha value is -3.14. The molecule has 0 bridgehead atoms. The van der Waals surface area contributed by atoms with Crippen LogP contribution in [0, 0.1) is 13.8 Å². The van der Waals surface area contributed by atoms with E-state index in [1.165, 1.54) is 0 Å². The molecule has 1 aromatic heterocycles. The van der Waals surface area contributed by atoms with E-state index in [-0.39, 0.29) is 5.91 Å². The van der Waals surface area contributed by atoms with Crippen LogP contribution in [-0.4, -0.2) is 17.4 Å². The van der Waals surface area contributed by atoms with Crippen LogP contribution in [-0.2, 0) is 0 Å². The van der Waals surface area contributed by atoms with E-state index in [2.05, 4.69) is 28.2 Å². The number of carbonyl (C=O) groups excluding carboxylic acids is 1. The van der Waals surface area contributed by atoms with E-state index in [4.69, 9.17) is 0 Å². The van der Waals surface area contributed by atoms with Gasteiger partial charge in [0, 0.05) is 24.1 Å². The van der Waals surface area contributed by atoms with Crippen LogP contribution < -0.4 is 10.2 Å². The third kappa shape index (κ3) is 4.09. The van der Waals surface area contributed by atoms with Gasteiger partial charge < -0.3 is 10.2 Å². The summed E-state index contributed by atoms with van der Waals surface area (Å²) in [6.07, 6.45) is 3.38. The Morgan fingerprint density at radius 3 is 2.31 bits per heavy atom. The summed E-state index contributed by atoms with van der Waals surface area (Å²) in [5, 5.41) is 2.97. The van der Waals surface area contributed by atoms with Crippen LogP contribution in [0.25, 0.3) is 0 Å². The molecule has 0 aliphatic carbocycles. The van der Waals surface area contributed by atoms with E-state index < -0.39 is 0 Å². The molecule has 1 N–H and O–H groups in total. The summed E-state index contributed by atoms with van der Waals surface area (Å²) >= 11 is 0. The number of hydrogen-bond acceptors (Lipinski definition) is 3. The second-order valence-corrected chi connectivity index (χ2v) is 6.34. The van der Waals surface area contributed by atoms with Crippen LogP contribution in [0.4, 0.5) is 17.1 Å². The summed E-state index contributed by atoms with van der Waals surface area (Å²) < 4.78 is 0. The molecule has 4 heteroatoms. The van der Waals surface area contributed by atoms with E-state index in [0.29, 0.717) is 5.56 Å². The molecule has 26 heavy (non-hydrogen) atoms. The number of hydrogen-bond donors (Lipinski definition) is 1. The van der Waals surface area contributed by atoms with Gasteiger partial charge in [0.1, 0.15) is 0 Å². The molecule has 132 valence electrons. The van der Waals surface area contributed by atoms with Gasteiger partial charge in [0.25, 0.3) is 5.91 Å². The number of pyridine rings is 1. The van der Waals surface area contributed by atoms with Gasteiger partial charge in [0.2, 0.25) is 0 Å². The SMILES string of the molecule is CCN(c1ccccc1)c1cncc(C(=O)Nc2cc(C)cc(C)c2)c1. The molecule has 3 aromatic rings. The molecule has 0 saturated carbocycles. The monoisotopic (exact) mass is 345 g/mol. The average molecular weight is 345 g/mol. The van der Waals surface area contributed by atoms with Crippen LogP contribution in [0.2, 0.25) is 0 Å². The molecule has 0 fully saturated rings. The highest BCUT2D eigenvalue weighted by Crippen LogP contribution is 2.25. The molecule has 0 spiro atoms. The van der Waals surface area contributed by atoms with E-state index in [0.717, 1.165) is 34.7 Å². The minimum absolute atomic E-state index is 0.159. The zero-order valence-corrected chi connectivity index (χ0v) is 15.4. The summed E-state index contributed by atoms with van der Waals surface area (Å²) in [7, 11) is 0. The van der Waals surface area contributed by atoms with E-state index in [1.54, 1.807) is 12.4 Å². The van der Waals surface area contributed by atoms with Gasteiger partial charge >= 0.3 is 0 Å². The molecule has 0 atom stereocenters. The van der Waals surface area contributed by atoms with Crippen molar-refractivity contribution in [3.8, 4) is 0 Å². The number of amides is 1. The van der Waals surface area contributed by atoms with Crippen molar-refractivity contribution in [2.45, 2.75) is 20.8 Å². The fourth-order valence-corrected chi connectivity index (χ4v) is 3.07. The molecule has 0 unspecified atom stereocenters. The number of rotatable bonds is 5. The zero-order chi connectivity index (χ0) is 18.5. The molecule has 1 heterocycles. The number of nitrogens with zero attached hydrogens (tertiary/aromatic N) is 2. The Morgan fingerprint density at radius 2 is 1.65 bits per heavy atom. The van der Waals surface area contributed by atoms with Gasteiger partial charge in [-0.3, -0.25) is 9.78 Å². The van der Waals surface area contributed by atoms with E-state index >= 15 is 0 Å². The minimum atomic E-state index is -0.159. The maximum absolute atomic E-state index is 12.7. The predicted molar refractivity (Wildman–Crippen MR) is 107 cm³/mol. The lowest BCUT2D eigenvalue weighted by Gasteiger charge is -2.23. The number of benzene rings is 2. The number of para-hydroxylation sites is 1. The fourth-order valence-electron chi connectivity index (χ4n) is 3.07. The quantitative estimate of drug-likeness (QED) is 0.699. The number of aryl methyl sites for hydroxylation is 2. The molecule has 1 amide bonds. The highest BCUT2D eigenvalue weighted by Gasteiger charge is 2.12. The Morgan fingerprint density at radius 1 is 0.962 bits per heavy atom. The van der Waals surface area contributed by atoms with Crippen molar-refractivity contribution < 1.29 is 4.79 Å². The van der Waals surface area contributed by atoms with Gasteiger partial charge in [0.15, 0.2) is 0 Å². The Bertz CT molecular complexity index is 886. The molecule has 2 aromatic carbocycles. The maximum Gasteiger partial charge on any atom is 0.257 e. The lowest BCUT2D eigenvalue weighted by molar-refractivity contribution is 0.102. The zero-order valence-electron chi connectivity index (χ0n) is 15.4. The van der Waals surface area contributed by atoms with Crippen molar-refractivity contribution >= 4 is 23.0 Å². The first kappa shape index (κ1) is 17.7. The Kier molecular flexibility index (Phi) is 5.32. The highest BCUT2D eigenvalue weighted by atomic mass is 16.1. The molecular weight excluding hydrogens is 322 g/mol. The van der Waals surface area contributed by atoms with Crippen LogP contribution >= 0.6 is 0 Å². The van der Waals surface area contributed by atoms with Crippen LogP contribution in [0.3, 0.4) is 0 Å². The lowest BCUT2D eigenvalue weighted by Crippen LogP contribution is -2.18. The second-order valence-electron chi connectivity index (χ2n) is 6.34. The smallest absolute Gasteiger partial charge is 0.257 e. The first-order valence-electron chi connectivity index (χ1n) is 8.74. The van der Waals surface area contributed by atoms with Crippen molar-refractivity contribution in [2.24, 2.45) is 0 Å². The summed E-state index contributed by atoms with van der Waals surface area (Å²) in [5.74, 6) is -0.159. The second kappa shape index (κ2) is 7.83. The molecule has 0 radical (unpaired) electrons. The normalized spacial score (nSPS) is 10.4. The lowest BCUT2D eigenvalue weighted by atomic mass is 10.1. The molecule has 3 rings (SSSR count). The summed E-state index contributed by atoms with van der Waals surface area (Å²) in [5.41, 5.74) is 5.54. The minimum Gasteiger partial charge on any atom is -0.340 e. The van der Waals surface area contributed by atoms with Crippen molar-refractivity contribution in [3.05, 3.63) is 83.7 Å². The van der Waals surface area contributed by atoms with Crippen LogP contribution in [0.5, 0.6) is 0 Å². The highest BCUT2D eigenvalue weighted by molar-refractivity contribution is 6.04. The number of carbonyl (C=O) groups is 1. The third-order valence-corrected chi connectivity index (χ3v) is 4.16. The topological polar surface area (TPSA) is 45.2 Å². The van der Waals surface area contributed by atoms with Gasteiger partial charge in [-0.2, -0.15) is 0 Å². The summed E-state index contributed by atoms with van der Waals surface area (Å²) in [6.45, 7) is 6.90. The largest absolute Gasteiger partial charge is 0.340 e. The van der Waals surface area contributed by atoms with Gasteiger partial charge in [-0.05, 0) is 62.2 Å². The molecule has 0 aliphatic heterocycles. The Balaban J connectivity index is 1.85. The number of anilines is 3. The Labute approximate surface area is 154 Å². The third-order valence-electron chi connectivity index (χ3n) is 4.16. The number of nitrogens with one attached hydrogen (secondary N) is 1. The predicted octanol–water partition coefficient (Wildman–Crippen LogP) is 5.11. The first-order valence-corrected chi connectivity index (χ1v) is 8.74. The van der Waals surface area contributed by atoms with Crippen molar-refractivity contribution in [2.75, 3.05) is 16.8 Å².